The first-order valence-electron chi connectivity index (χ1n) is 9.30. The van der Waals surface area contributed by atoms with Gasteiger partial charge in [0.1, 0.15) is 14.0 Å². The Kier molecular flexibility index (Phi) is 6.88. The summed E-state index contributed by atoms with van der Waals surface area (Å²) < 4.78 is 18.8. The first kappa shape index (κ1) is 24.0. The number of aliphatic hydroxyl groups is 1. The molecule has 5 nitrogen and oxygen atoms in total. The summed E-state index contributed by atoms with van der Waals surface area (Å²) in [5.41, 5.74) is -1.48. The van der Waals surface area contributed by atoms with Crippen molar-refractivity contribution in [3.63, 3.8) is 0 Å². The zero-order valence-electron chi connectivity index (χ0n) is 18.2. The standard InChI is InChI=1S/C18H37BO5Si2/c1-16(2,3)25(7,8)23-13-14(24-26(9,10)17(4,5)6)18(11-20,12-21)22-15(13)19/h11,13-15,21H,12H2,1-10H3/t13-,14+,15-,18+/m1/s1. The van der Waals surface area contributed by atoms with E-state index in [1.165, 1.54) is 0 Å². The van der Waals surface area contributed by atoms with Gasteiger partial charge in [-0.15, -0.1) is 0 Å². The van der Waals surface area contributed by atoms with Crippen LogP contribution in [0.15, 0.2) is 0 Å². The molecule has 0 spiro atoms. The van der Waals surface area contributed by atoms with E-state index in [4.69, 9.17) is 21.4 Å². The van der Waals surface area contributed by atoms with E-state index in [0.29, 0.717) is 6.29 Å². The maximum Gasteiger partial charge on any atom is 0.192 e. The largest absolute Gasteiger partial charge is 0.409 e. The van der Waals surface area contributed by atoms with Crippen LogP contribution in [0.3, 0.4) is 0 Å². The second-order valence-corrected chi connectivity index (χ2v) is 20.0. The van der Waals surface area contributed by atoms with Crippen LogP contribution >= 0.6 is 0 Å². The Morgan fingerprint density at radius 2 is 1.46 bits per heavy atom. The third-order valence-electron chi connectivity index (χ3n) is 6.37. The molecule has 0 aromatic heterocycles. The van der Waals surface area contributed by atoms with Gasteiger partial charge in [-0.05, 0) is 36.3 Å². The minimum Gasteiger partial charge on any atom is -0.409 e. The van der Waals surface area contributed by atoms with Gasteiger partial charge < -0.3 is 18.7 Å². The van der Waals surface area contributed by atoms with Crippen LogP contribution in [-0.4, -0.2) is 66.3 Å². The molecule has 2 radical (unpaired) electrons. The number of aliphatic hydroxyl groups excluding tert-OH is 1. The van der Waals surface area contributed by atoms with Gasteiger partial charge in [0, 0.05) is 6.00 Å². The number of carbonyl (C=O) groups excluding carboxylic acids is 1. The van der Waals surface area contributed by atoms with E-state index in [2.05, 4.69) is 67.7 Å². The zero-order valence-corrected chi connectivity index (χ0v) is 20.2. The predicted molar refractivity (Wildman–Crippen MR) is 111 cm³/mol. The maximum absolute atomic E-state index is 11.9. The van der Waals surface area contributed by atoms with Gasteiger partial charge in [0.2, 0.25) is 0 Å². The highest BCUT2D eigenvalue weighted by molar-refractivity contribution is 6.74. The van der Waals surface area contributed by atoms with Crippen LogP contribution in [0.25, 0.3) is 0 Å². The van der Waals surface area contributed by atoms with Crippen molar-refractivity contribution in [3.05, 3.63) is 0 Å². The summed E-state index contributed by atoms with van der Waals surface area (Å²) in [6.07, 6.45) is -0.697. The van der Waals surface area contributed by atoms with E-state index in [0.717, 1.165) is 0 Å². The van der Waals surface area contributed by atoms with Gasteiger partial charge in [-0.1, -0.05) is 41.5 Å². The zero-order chi connectivity index (χ0) is 20.8. The second-order valence-electron chi connectivity index (χ2n) is 10.5. The summed E-state index contributed by atoms with van der Waals surface area (Å²) in [4.78, 5) is 11.9. The SMILES string of the molecule is [B][C@@H]1O[C@@](C=O)(CO)[C@@H](O[Si](C)(C)C(C)(C)C)[C@H]1O[Si](C)(C)C(C)(C)C. The minimum atomic E-state index is -2.25. The normalized spacial score (nSPS) is 31.3. The lowest BCUT2D eigenvalue weighted by Gasteiger charge is -2.45. The molecule has 1 heterocycles. The van der Waals surface area contributed by atoms with Crippen molar-refractivity contribution in [1.29, 1.82) is 0 Å². The Morgan fingerprint density at radius 1 is 1.04 bits per heavy atom. The molecule has 0 saturated carbocycles. The molecule has 150 valence electrons. The number of rotatable bonds is 6. The summed E-state index contributed by atoms with van der Waals surface area (Å²) >= 11 is 0. The number of carbonyl (C=O) groups is 1. The lowest BCUT2D eigenvalue weighted by atomic mass is 9.90. The summed E-state index contributed by atoms with van der Waals surface area (Å²) in [5, 5.41) is 9.87. The van der Waals surface area contributed by atoms with E-state index in [-0.39, 0.29) is 10.1 Å². The number of hydrogen-bond donors (Lipinski definition) is 1. The molecule has 26 heavy (non-hydrogen) atoms. The molecule has 1 aliphatic heterocycles. The molecule has 1 rings (SSSR count). The molecule has 1 N–H and O–H groups in total. The lowest BCUT2D eigenvalue weighted by Crippen LogP contribution is -2.58. The average Bonchev–Trinajstić information content (AvgIpc) is 2.69. The molecule has 0 amide bonds. The van der Waals surface area contributed by atoms with E-state index < -0.39 is 47.1 Å². The Bertz CT molecular complexity index is 513. The van der Waals surface area contributed by atoms with Crippen LogP contribution in [0, 0.1) is 0 Å². The fraction of sp³-hybridized carbons (Fsp3) is 0.944. The van der Waals surface area contributed by atoms with Crippen LogP contribution in [0.4, 0.5) is 0 Å². The Labute approximate surface area is 162 Å². The fourth-order valence-electron chi connectivity index (χ4n) is 2.40. The monoisotopic (exact) mass is 400 g/mol. The Morgan fingerprint density at radius 3 is 1.81 bits per heavy atom. The van der Waals surface area contributed by atoms with Gasteiger partial charge in [0.15, 0.2) is 28.5 Å². The second kappa shape index (κ2) is 7.44. The van der Waals surface area contributed by atoms with Crippen molar-refractivity contribution in [3.8, 4) is 0 Å². The molecule has 0 unspecified atom stereocenters. The van der Waals surface area contributed by atoms with Crippen LogP contribution < -0.4 is 0 Å². The third-order valence-corrected chi connectivity index (χ3v) is 15.3. The van der Waals surface area contributed by atoms with E-state index >= 15 is 0 Å². The molecule has 1 fully saturated rings. The van der Waals surface area contributed by atoms with Crippen LogP contribution in [0.2, 0.25) is 36.3 Å². The predicted octanol–water partition coefficient (Wildman–Crippen LogP) is 3.22. The van der Waals surface area contributed by atoms with Crippen LogP contribution in [-0.2, 0) is 18.4 Å². The summed E-state index contributed by atoms with van der Waals surface area (Å²) in [6.45, 7) is 20.8. The summed E-state index contributed by atoms with van der Waals surface area (Å²) in [7, 11) is 1.78. The van der Waals surface area contributed by atoms with Gasteiger partial charge in [0.25, 0.3) is 0 Å². The number of hydrogen-bond acceptors (Lipinski definition) is 5. The summed E-state index contributed by atoms with van der Waals surface area (Å²) in [6, 6.07) is -0.823. The van der Waals surface area contributed by atoms with E-state index in [1.807, 2.05) is 0 Å². The van der Waals surface area contributed by atoms with Crippen molar-refractivity contribution in [2.75, 3.05) is 6.61 Å². The molecular formula is C18H37BO5Si2. The lowest BCUT2D eigenvalue weighted by molar-refractivity contribution is -0.141. The number of ether oxygens (including phenoxy) is 1. The molecule has 8 heteroatoms. The molecule has 0 aliphatic carbocycles. The van der Waals surface area contributed by atoms with Gasteiger partial charge in [-0.25, -0.2) is 0 Å². The minimum absolute atomic E-state index is 0.0279. The molecule has 1 aliphatic rings. The van der Waals surface area contributed by atoms with Gasteiger partial charge >= 0.3 is 0 Å². The molecule has 0 bridgehead atoms. The van der Waals surface area contributed by atoms with Crippen molar-refractivity contribution in [2.24, 2.45) is 0 Å². The van der Waals surface area contributed by atoms with Crippen molar-refractivity contribution in [1.82, 2.24) is 0 Å². The summed E-state index contributed by atoms with van der Waals surface area (Å²) in [5.74, 6) is 0. The van der Waals surface area contributed by atoms with Crippen molar-refractivity contribution < 1.29 is 23.5 Å². The van der Waals surface area contributed by atoms with Crippen molar-refractivity contribution >= 4 is 30.8 Å². The molecule has 1 saturated heterocycles. The highest BCUT2D eigenvalue weighted by Crippen LogP contribution is 2.45. The van der Waals surface area contributed by atoms with E-state index in [9.17, 15) is 9.90 Å². The quantitative estimate of drug-likeness (QED) is 0.548. The number of aldehydes is 1. The fourth-order valence-corrected chi connectivity index (χ4v) is 5.02. The van der Waals surface area contributed by atoms with Crippen LogP contribution in [0.5, 0.6) is 0 Å². The molecule has 0 aromatic rings. The Balaban J connectivity index is 3.32. The molecular weight excluding hydrogens is 363 g/mol. The first-order chi connectivity index (χ1) is 11.4. The van der Waals surface area contributed by atoms with E-state index in [1.54, 1.807) is 0 Å². The highest BCUT2D eigenvalue weighted by atomic mass is 28.4. The Hall–Kier alpha value is 0.00870. The average molecular weight is 400 g/mol. The first-order valence-corrected chi connectivity index (χ1v) is 15.1. The van der Waals surface area contributed by atoms with Crippen molar-refractivity contribution in [2.45, 2.75) is 102 Å². The van der Waals surface area contributed by atoms with Gasteiger partial charge in [-0.3, -0.25) is 4.79 Å². The van der Waals surface area contributed by atoms with Crippen LogP contribution in [0.1, 0.15) is 41.5 Å². The van der Waals surface area contributed by atoms with Gasteiger partial charge in [0.05, 0.1) is 12.7 Å². The maximum atomic E-state index is 11.9. The highest BCUT2D eigenvalue weighted by Gasteiger charge is 2.59. The topological polar surface area (TPSA) is 65.0 Å². The third kappa shape index (κ3) is 4.52. The van der Waals surface area contributed by atoms with Gasteiger partial charge in [-0.2, -0.15) is 0 Å². The molecule has 4 atom stereocenters. The smallest absolute Gasteiger partial charge is 0.192 e. The molecule has 0 aromatic carbocycles.